The molecule has 126 valence electrons. The van der Waals surface area contributed by atoms with Crippen LogP contribution >= 0.6 is 0 Å². The molecule has 2 N–H and O–H groups in total. The van der Waals surface area contributed by atoms with Gasteiger partial charge >= 0.3 is 5.97 Å². The van der Waals surface area contributed by atoms with Crippen LogP contribution in [0.25, 0.3) is 0 Å². The third-order valence-corrected chi connectivity index (χ3v) is 4.02. The van der Waals surface area contributed by atoms with E-state index in [1.54, 1.807) is 42.5 Å². The number of nitrogens with zero attached hydrogens (tertiary/aromatic N) is 1. The third-order valence-electron chi connectivity index (χ3n) is 4.02. The predicted molar refractivity (Wildman–Crippen MR) is 93.3 cm³/mol. The molecule has 0 aliphatic carbocycles. The predicted octanol–water partition coefficient (Wildman–Crippen LogP) is 2.50. The Morgan fingerprint density at radius 2 is 1.84 bits per heavy atom. The molecule has 2 aromatic carbocycles. The Kier molecular flexibility index (Phi) is 4.43. The third kappa shape index (κ3) is 3.33. The van der Waals surface area contributed by atoms with Gasteiger partial charge in [-0.05, 0) is 36.2 Å². The number of carboxylic acid groups (broad SMARTS) is 1. The van der Waals surface area contributed by atoms with Crippen molar-refractivity contribution in [3.05, 3.63) is 65.2 Å². The minimum atomic E-state index is -1.08. The first-order valence-electron chi connectivity index (χ1n) is 7.74. The molecule has 0 radical (unpaired) electrons. The first-order valence-corrected chi connectivity index (χ1v) is 7.74. The van der Waals surface area contributed by atoms with E-state index in [-0.39, 0.29) is 11.7 Å². The second-order valence-electron chi connectivity index (χ2n) is 5.74. The Morgan fingerprint density at radius 3 is 2.48 bits per heavy atom. The smallest absolute Gasteiger partial charge is 0.325 e. The van der Waals surface area contributed by atoms with Gasteiger partial charge in [-0.15, -0.1) is 0 Å². The van der Waals surface area contributed by atoms with Crippen LogP contribution in [-0.2, 0) is 9.59 Å². The number of fused-ring (bicyclic) bond motifs is 1. The van der Waals surface area contributed by atoms with Crippen molar-refractivity contribution in [2.24, 2.45) is 4.99 Å². The van der Waals surface area contributed by atoms with E-state index in [9.17, 15) is 14.4 Å². The summed E-state index contributed by atoms with van der Waals surface area (Å²) >= 11 is 0. The number of carbonyl (C=O) groups excluding carboxylic acids is 2. The normalized spacial score (nSPS) is 16.3. The maximum Gasteiger partial charge on any atom is 0.325 e. The zero-order chi connectivity index (χ0) is 18.0. The molecule has 2 aromatic rings. The minimum Gasteiger partial charge on any atom is -0.480 e. The van der Waals surface area contributed by atoms with E-state index in [2.05, 4.69) is 10.3 Å². The van der Waals surface area contributed by atoms with Crippen molar-refractivity contribution >= 4 is 29.1 Å². The van der Waals surface area contributed by atoms with Crippen molar-refractivity contribution in [3.63, 3.8) is 0 Å². The van der Waals surface area contributed by atoms with Crippen LogP contribution in [0.2, 0.25) is 0 Å². The maximum atomic E-state index is 12.5. The van der Waals surface area contributed by atoms with E-state index in [1.165, 1.54) is 6.92 Å². The molecule has 0 saturated heterocycles. The molecule has 0 spiro atoms. The van der Waals surface area contributed by atoms with Crippen LogP contribution in [0.5, 0.6) is 0 Å². The Hall–Kier alpha value is -3.28. The number of rotatable bonds is 5. The molecular weight excluding hydrogens is 320 g/mol. The van der Waals surface area contributed by atoms with E-state index in [4.69, 9.17) is 5.11 Å². The van der Waals surface area contributed by atoms with Gasteiger partial charge in [0, 0.05) is 11.3 Å². The molecule has 1 heterocycles. The molecule has 6 nitrogen and oxygen atoms in total. The van der Waals surface area contributed by atoms with Crippen LogP contribution in [0.4, 0.5) is 5.69 Å². The monoisotopic (exact) mass is 336 g/mol. The lowest BCUT2D eigenvalue weighted by atomic mass is 9.89. The Labute approximate surface area is 144 Å². The molecule has 0 saturated carbocycles. The molecule has 3 rings (SSSR count). The van der Waals surface area contributed by atoms with Crippen LogP contribution in [0.1, 0.15) is 34.3 Å². The molecule has 1 atom stereocenters. The molecule has 1 amide bonds. The van der Waals surface area contributed by atoms with Crippen molar-refractivity contribution < 1.29 is 19.5 Å². The first kappa shape index (κ1) is 16.6. The average molecular weight is 336 g/mol. The second-order valence-corrected chi connectivity index (χ2v) is 5.74. The highest BCUT2D eigenvalue weighted by atomic mass is 16.4. The van der Waals surface area contributed by atoms with Crippen molar-refractivity contribution in [1.82, 2.24) is 0 Å². The van der Waals surface area contributed by atoms with Gasteiger partial charge in [-0.2, -0.15) is 0 Å². The van der Waals surface area contributed by atoms with E-state index in [1.807, 2.05) is 6.07 Å². The largest absolute Gasteiger partial charge is 0.480 e. The highest BCUT2D eigenvalue weighted by Crippen LogP contribution is 2.36. The molecule has 6 heteroatoms. The van der Waals surface area contributed by atoms with Crippen molar-refractivity contribution in [3.8, 4) is 0 Å². The molecular formula is C19H16N2O4. The van der Waals surface area contributed by atoms with Crippen LogP contribution in [0.15, 0.2) is 53.5 Å². The summed E-state index contributed by atoms with van der Waals surface area (Å²) < 4.78 is 0. The van der Waals surface area contributed by atoms with Crippen LogP contribution in [0, 0.1) is 0 Å². The van der Waals surface area contributed by atoms with Crippen LogP contribution < -0.4 is 5.32 Å². The molecule has 1 aliphatic rings. The summed E-state index contributed by atoms with van der Waals surface area (Å²) in [5.41, 5.74) is 2.78. The first-order chi connectivity index (χ1) is 12.0. The number of aliphatic carboxylic acids is 1. The summed E-state index contributed by atoms with van der Waals surface area (Å²) in [5.74, 6) is -2.23. The van der Waals surface area contributed by atoms with Gasteiger partial charge in [0.15, 0.2) is 5.78 Å². The number of carboxylic acids is 1. The number of anilines is 1. The number of carbonyl (C=O) groups is 3. The summed E-state index contributed by atoms with van der Waals surface area (Å²) in [6, 6.07) is 14.0. The van der Waals surface area contributed by atoms with Crippen LogP contribution in [-0.4, -0.2) is 35.0 Å². The molecule has 25 heavy (non-hydrogen) atoms. The second kappa shape index (κ2) is 6.68. The van der Waals surface area contributed by atoms with Gasteiger partial charge in [0.25, 0.3) is 0 Å². The summed E-state index contributed by atoms with van der Waals surface area (Å²) in [7, 11) is 0. The van der Waals surface area contributed by atoms with E-state index in [0.29, 0.717) is 28.1 Å². The number of hydrogen-bond acceptors (Lipinski definition) is 4. The lowest BCUT2D eigenvalue weighted by molar-refractivity contribution is -0.135. The summed E-state index contributed by atoms with van der Waals surface area (Å²) in [5, 5.41) is 11.8. The Balaban J connectivity index is 2.13. The summed E-state index contributed by atoms with van der Waals surface area (Å²) in [6.45, 7) is 1.02. The summed E-state index contributed by atoms with van der Waals surface area (Å²) in [4.78, 5) is 39.4. The van der Waals surface area contributed by atoms with Gasteiger partial charge in [0.1, 0.15) is 12.5 Å². The molecule has 0 fully saturated rings. The van der Waals surface area contributed by atoms with E-state index < -0.39 is 18.4 Å². The molecule has 0 aromatic heterocycles. The van der Waals surface area contributed by atoms with E-state index >= 15 is 0 Å². The van der Waals surface area contributed by atoms with Gasteiger partial charge in [-0.25, -0.2) is 0 Å². The quantitative estimate of drug-likeness (QED) is 0.648. The lowest BCUT2D eigenvalue weighted by Crippen LogP contribution is -2.23. The maximum absolute atomic E-state index is 12.5. The van der Waals surface area contributed by atoms with Gasteiger partial charge < -0.3 is 10.4 Å². The zero-order valence-electron chi connectivity index (χ0n) is 13.5. The lowest BCUT2D eigenvalue weighted by Gasteiger charge is -2.14. The van der Waals surface area contributed by atoms with Gasteiger partial charge in [0.05, 0.1) is 5.71 Å². The van der Waals surface area contributed by atoms with Crippen molar-refractivity contribution in [2.75, 3.05) is 11.9 Å². The topological polar surface area (TPSA) is 95.8 Å². The Bertz CT molecular complexity index is 888. The molecule has 1 aliphatic heterocycles. The fraction of sp³-hybridized carbons (Fsp3) is 0.158. The number of nitrogens with one attached hydrogen (secondary N) is 1. The fourth-order valence-corrected chi connectivity index (χ4v) is 2.86. The fourth-order valence-electron chi connectivity index (χ4n) is 2.86. The van der Waals surface area contributed by atoms with Gasteiger partial charge in [-0.3, -0.25) is 19.4 Å². The van der Waals surface area contributed by atoms with Gasteiger partial charge in [-0.1, -0.05) is 30.3 Å². The molecule has 0 bridgehead atoms. The van der Waals surface area contributed by atoms with Crippen molar-refractivity contribution in [1.29, 1.82) is 0 Å². The van der Waals surface area contributed by atoms with Gasteiger partial charge in [0.2, 0.25) is 5.91 Å². The van der Waals surface area contributed by atoms with Crippen LogP contribution in [0.3, 0.4) is 0 Å². The summed E-state index contributed by atoms with van der Waals surface area (Å²) in [6.07, 6.45) is 0. The number of Topliss-reactive ketones (excluding diaryl/α,β-unsaturated/α-hetero) is 1. The number of hydrogen-bond donors (Lipinski definition) is 2. The highest BCUT2D eigenvalue weighted by Gasteiger charge is 2.35. The number of benzene rings is 2. The highest BCUT2D eigenvalue weighted by molar-refractivity contribution is 6.24. The van der Waals surface area contributed by atoms with E-state index in [0.717, 1.165) is 0 Å². The Morgan fingerprint density at radius 1 is 1.12 bits per heavy atom. The average Bonchev–Trinajstić information content (AvgIpc) is 2.91. The minimum absolute atomic E-state index is 0.107. The van der Waals surface area contributed by atoms with Crippen molar-refractivity contribution in [2.45, 2.75) is 12.8 Å². The number of ketones is 1. The standard InChI is InChI=1S/C19H16N2O4/c1-11(22)13-7-8-15-14(9-13)17(19(25)21-15)18(20-10-16(23)24)12-5-3-2-4-6-12/h2-9,17H,10H2,1H3,(H,21,25)(H,23,24). The number of aliphatic imine (C=N–C) groups is 1. The number of amides is 1. The SMILES string of the molecule is CC(=O)c1ccc2c(c1)C(C(=NCC(=O)O)c1ccccc1)C(=O)N2. The molecule has 1 unspecified atom stereocenters. The zero-order valence-corrected chi connectivity index (χ0v) is 13.5.